The quantitative estimate of drug-likeness (QED) is 0.851. The van der Waals surface area contributed by atoms with Crippen molar-refractivity contribution in [3.8, 4) is 0 Å². The van der Waals surface area contributed by atoms with Gasteiger partial charge in [0.25, 0.3) is 0 Å². The van der Waals surface area contributed by atoms with Crippen molar-refractivity contribution in [1.82, 2.24) is 10.2 Å². The minimum Gasteiger partial charge on any atom is -0.321 e. The number of hydrazine groups is 1. The normalized spacial score (nSPS) is 16.0. The summed E-state index contributed by atoms with van der Waals surface area (Å²) in [7, 11) is 0. The van der Waals surface area contributed by atoms with Crippen molar-refractivity contribution < 1.29 is 9.63 Å². The summed E-state index contributed by atoms with van der Waals surface area (Å²) >= 11 is 0. The molecule has 0 spiro atoms. The third kappa shape index (κ3) is 2.83. The van der Waals surface area contributed by atoms with Gasteiger partial charge in [-0.15, -0.1) is 5.17 Å². The van der Waals surface area contributed by atoms with Gasteiger partial charge in [0.05, 0.1) is 12.2 Å². The van der Waals surface area contributed by atoms with Crippen molar-refractivity contribution in [2.24, 2.45) is 0 Å². The molecule has 2 aliphatic heterocycles. The number of nitrogens with zero attached hydrogens (tertiary/aromatic N) is 2. The molecule has 4 heteroatoms. The summed E-state index contributed by atoms with van der Waals surface area (Å²) in [6.07, 6.45) is 6.24. The highest BCUT2D eigenvalue weighted by Crippen LogP contribution is 2.39. The molecule has 0 atom stereocenters. The molecule has 25 heavy (non-hydrogen) atoms. The van der Waals surface area contributed by atoms with Gasteiger partial charge in [0.2, 0.25) is 0 Å². The van der Waals surface area contributed by atoms with Crippen molar-refractivity contribution in [3.63, 3.8) is 0 Å². The van der Waals surface area contributed by atoms with Crippen molar-refractivity contribution in [3.05, 3.63) is 95.7 Å². The van der Waals surface area contributed by atoms with Crippen LogP contribution in [0.2, 0.25) is 0 Å². The second kappa shape index (κ2) is 6.32. The molecule has 2 aromatic rings. The second-order valence-corrected chi connectivity index (χ2v) is 5.90. The Morgan fingerprint density at radius 3 is 2.24 bits per heavy atom. The van der Waals surface area contributed by atoms with Gasteiger partial charge < -0.3 is 4.84 Å². The summed E-state index contributed by atoms with van der Waals surface area (Å²) in [5.41, 5.74) is 4.94. The van der Waals surface area contributed by atoms with Crippen molar-refractivity contribution in [2.45, 2.75) is 6.92 Å². The third-order valence-electron chi connectivity index (χ3n) is 4.17. The SMILES string of the molecule is CC(=O)ON1C(c2ccccc2)=C(c2ccccc2)C=C2C=CCN21. The van der Waals surface area contributed by atoms with Gasteiger partial charge in [-0.3, -0.25) is 0 Å². The van der Waals surface area contributed by atoms with Crippen LogP contribution < -0.4 is 0 Å². The Bertz CT molecular complexity index is 883. The maximum Gasteiger partial charge on any atom is 0.331 e. The summed E-state index contributed by atoms with van der Waals surface area (Å²) < 4.78 is 0. The Morgan fingerprint density at radius 2 is 1.60 bits per heavy atom. The van der Waals surface area contributed by atoms with Crippen LogP contribution in [0.1, 0.15) is 18.1 Å². The largest absolute Gasteiger partial charge is 0.331 e. The number of carbonyl (C=O) groups excluding carboxylic acids is 1. The third-order valence-corrected chi connectivity index (χ3v) is 4.17. The van der Waals surface area contributed by atoms with Crippen LogP contribution in [0.4, 0.5) is 0 Å². The fraction of sp³-hybridized carbons (Fsp3) is 0.0952. The van der Waals surface area contributed by atoms with Gasteiger partial charge in [-0.25, -0.2) is 9.80 Å². The van der Waals surface area contributed by atoms with E-state index in [0.717, 1.165) is 28.1 Å². The summed E-state index contributed by atoms with van der Waals surface area (Å²) in [5.74, 6) is -0.353. The van der Waals surface area contributed by atoms with Gasteiger partial charge in [-0.05, 0) is 17.7 Å². The second-order valence-electron chi connectivity index (χ2n) is 5.90. The van der Waals surface area contributed by atoms with Gasteiger partial charge in [0.15, 0.2) is 0 Å². The van der Waals surface area contributed by atoms with Crippen molar-refractivity contribution in [1.29, 1.82) is 0 Å². The minimum atomic E-state index is -0.353. The molecule has 0 aliphatic carbocycles. The van der Waals surface area contributed by atoms with E-state index in [1.165, 1.54) is 6.92 Å². The van der Waals surface area contributed by atoms with Crippen LogP contribution in [0, 0.1) is 0 Å². The van der Waals surface area contributed by atoms with E-state index in [9.17, 15) is 4.79 Å². The molecular formula is C21H18N2O2. The minimum absolute atomic E-state index is 0.353. The zero-order chi connectivity index (χ0) is 17.2. The van der Waals surface area contributed by atoms with E-state index in [1.54, 1.807) is 5.17 Å². The van der Waals surface area contributed by atoms with E-state index >= 15 is 0 Å². The van der Waals surface area contributed by atoms with Crippen molar-refractivity contribution in [2.75, 3.05) is 6.54 Å². The average Bonchev–Trinajstić information content (AvgIpc) is 3.11. The highest BCUT2D eigenvalue weighted by atomic mass is 16.7. The molecule has 0 amide bonds. The predicted octanol–water partition coefficient (Wildman–Crippen LogP) is 4.02. The van der Waals surface area contributed by atoms with E-state index in [1.807, 2.05) is 59.6 Å². The van der Waals surface area contributed by atoms with Crippen LogP contribution in [0.3, 0.4) is 0 Å². The number of hydrogen-bond donors (Lipinski definition) is 0. The number of hydroxylamine groups is 1. The number of carbonyl (C=O) groups is 1. The van der Waals surface area contributed by atoms with E-state index in [-0.39, 0.29) is 5.97 Å². The van der Waals surface area contributed by atoms with E-state index in [2.05, 4.69) is 24.3 Å². The summed E-state index contributed by atoms with van der Waals surface area (Å²) in [6, 6.07) is 20.1. The van der Waals surface area contributed by atoms with Gasteiger partial charge >= 0.3 is 5.97 Å². The van der Waals surface area contributed by atoms with Gasteiger partial charge in [0, 0.05) is 18.1 Å². The molecule has 4 rings (SSSR count). The number of fused-ring (bicyclic) bond motifs is 1. The molecule has 0 N–H and O–H groups in total. The molecule has 2 aliphatic rings. The Kier molecular flexibility index (Phi) is 3.86. The molecule has 4 nitrogen and oxygen atoms in total. The Hall–Kier alpha value is -3.27. The Morgan fingerprint density at radius 1 is 0.960 bits per heavy atom. The zero-order valence-electron chi connectivity index (χ0n) is 13.9. The van der Waals surface area contributed by atoms with Gasteiger partial charge in [-0.2, -0.15) is 0 Å². The molecule has 0 unspecified atom stereocenters. The smallest absolute Gasteiger partial charge is 0.321 e. The van der Waals surface area contributed by atoms with E-state index in [4.69, 9.17) is 4.84 Å². The lowest BCUT2D eigenvalue weighted by Gasteiger charge is -2.38. The molecule has 124 valence electrons. The maximum absolute atomic E-state index is 11.8. The molecular weight excluding hydrogens is 312 g/mol. The molecule has 0 saturated carbocycles. The summed E-state index contributed by atoms with van der Waals surface area (Å²) in [4.78, 5) is 17.4. The molecule has 0 fully saturated rings. The highest BCUT2D eigenvalue weighted by Gasteiger charge is 2.32. The molecule has 0 aromatic heterocycles. The van der Waals surface area contributed by atoms with Crippen LogP contribution in [-0.4, -0.2) is 22.7 Å². The molecule has 2 aromatic carbocycles. The lowest BCUT2D eigenvalue weighted by atomic mass is 9.97. The maximum atomic E-state index is 11.8. The number of hydrogen-bond acceptors (Lipinski definition) is 4. The first-order valence-corrected chi connectivity index (χ1v) is 8.23. The number of allylic oxidation sites excluding steroid dienone is 3. The van der Waals surface area contributed by atoms with Crippen LogP contribution in [0.25, 0.3) is 11.3 Å². The Balaban J connectivity index is 1.96. The lowest BCUT2D eigenvalue weighted by Crippen LogP contribution is -2.42. The van der Waals surface area contributed by atoms with E-state index < -0.39 is 0 Å². The van der Waals surface area contributed by atoms with Crippen LogP contribution in [0.15, 0.2) is 84.6 Å². The predicted molar refractivity (Wildman–Crippen MR) is 97.2 cm³/mol. The lowest BCUT2D eigenvalue weighted by molar-refractivity contribution is -0.217. The van der Waals surface area contributed by atoms with Crippen LogP contribution >= 0.6 is 0 Å². The summed E-state index contributed by atoms with van der Waals surface area (Å²) in [5, 5.41) is 3.57. The molecule has 0 bridgehead atoms. The zero-order valence-corrected chi connectivity index (χ0v) is 13.9. The number of rotatable bonds is 3. The monoisotopic (exact) mass is 330 g/mol. The molecule has 0 saturated heterocycles. The highest BCUT2D eigenvalue weighted by molar-refractivity contribution is 5.96. The Labute approximate surface area is 146 Å². The average molecular weight is 330 g/mol. The fourth-order valence-corrected chi connectivity index (χ4v) is 3.12. The fourth-order valence-electron chi connectivity index (χ4n) is 3.12. The van der Waals surface area contributed by atoms with Crippen LogP contribution in [0.5, 0.6) is 0 Å². The van der Waals surface area contributed by atoms with E-state index in [0.29, 0.717) is 6.54 Å². The van der Waals surface area contributed by atoms with Gasteiger partial charge in [-0.1, -0.05) is 66.7 Å². The standard InChI is InChI=1S/C21H18N2O2/c1-16(24)25-23-21(18-11-6-3-7-12-18)20(17-9-4-2-5-10-17)15-19-13-8-14-22(19)23/h2-13,15H,14H2,1H3. The van der Waals surface area contributed by atoms with Crippen LogP contribution in [-0.2, 0) is 9.63 Å². The van der Waals surface area contributed by atoms with Gasteiger partial charge in [0.1, 0.15) is 5.70 Å². The topological polar surface area (TPSA) is 32.8 Å². The first kappa shape index (κ1) is 15.3. The molecule has 2 heterocycles. The van der Waals surface area contributed by atoms with Crippen molar-refractivity contribution >= 4 is 17.2 Å². The number of benzene rings is 2. The first-order valence-electron chi connectivity index (χ1n) is 8.23. The molecule has 0 radical (unpaired) electrons. The first-order chi connectivity index (χ1) is 12.2. The summed E-state index contributed by atoms with van der Waals surface area (Å²) in [6.45, 7) is 2.09.